The van der Waals surface area contributed by atoms with E-state index in [1.807, 2.05) is 24.3 Å². The molecule has 1 atom stereocenters. The van der Waals surface area contributed by atoms with Gasteiger partial charge in [-0.05, 0) is 48.9 Å². The molecular weight excluding hydrogens is 428 g/mol. The molecule has 0 saturated carbocycles. The van der Waals surface area contributed by atoms with Crippen molar-refractivity contribution >= 4 is 34.1 Å². The van der Waals surface area contributed by atoms with Crippen molar-refractivity contribution in [2.45, 2.75) is 25.9 Å². The van der Waals surface area contributed by atoms with Crippen LogP contribution in [0, 0.1) is 6.92 Å². The summed E-state index contributed by atoms with van der Waals surface area (Å²) < 4.78 is 6.98. The van der Waals surface area contributed by atoms with E-state index in [0.29, 0.717) is 33.9 Å². The highest BCUT2D eigenvalue weighted by Gasteiger charge is 2.35. The van der Waals surface area contributed by atoms with E-state index in [9.17, 15) is 9.59 Å². The predicted octanol–water partition coefficient (Wildman–Crippen LogP) is 4.33. The summed E-state index contributed by atoms with van der Waals surface area (Å²) in [5.74, 6) is 0.780. The van der Waals surface area contributed by atoms with Crippen molar-refractivity contribution in [2.75, 3.05) is 0 Å². The fourth-order valence-corrected chi connectivity index (χ4v) is 4.06. The van der Waals surface area contributed by atoms with E-state index in [0.717, 1.165) is 11.3 Å². The van der Waals surface area contributed by atoms with E-state index < -0.39 is 6.04 Å². The number of halogens is 1. The summed E-state index contributed by atoms with van der Waals surface area (Å²) in [4.78, 5) is 30.9. The Balaban J connectivity index is 1.51. The van der Waals surface area contributed by atoms with Crippen molar-refractivity contribution in [3.8, 4) is 0 Å². The summed E-state index contributed by atoms with van der Waals surface area (Å²) >= 11 is 6.01. The average Bonchev–Trinajstić information content (AvgIpc) is 3.47. The number of hydrazone groups is 1. The van der Waals surface area contributed by atoms with E-state index in [4.69, 9.17) is 16.0 Å². The molecule has 3 heterocycles. The zero-order valence-corrected chi connectivity index (χ0v) is 18.0. The van der Waals surface area contributed by atoms with Crippen molar-refractivity contribution in [1.29, 1.82) is 0 Å². The van der Waals surface area contributed by atoms with Crippen LogP contribution in [-0.4, -0.2) is 26.2 Å². The second-order valence-electron chi connectivity index (χ2n) is 7.59. The van der Waals surface area contributed by atoms with Crippen molar-refractivity contribution in [2.24, 2.45) is 5.10 Å². The first-order valence-corrected chi connectivity index (χ1v) is 10.5. The summed E-state index contributed by atoms with van der Waals surface area (Å²) in [6.07, 6.45) is 2.06. The largest absolute Gasteiger partial charge is 0.467 e. The van der Waals surface area contributed by atoms with Crippen LogP contribution in [0.5, 0.6) is 0 Å². The van der Waals surface area contributed by atoms with Gasteiger partial charge in [-0.1, -0.05) is 35.9 Å². The van der Waals surface area contributed by atoms with Crippen molar-refractivity contribution < 1.29 is 9.21 Å². The maximum absolute atomic E-state index is 13.4. The Bertz CT molecular complexity index is 1390. The standard InChI is InChI=1S/C24H19ClN4O3/c1-15-26-19-6-3-2-5-18(19)24(31)28(15)14-23(30)29-21(22-7-4-12-32-22)13-20(27-29)16-8-10-17(25)11-9-16/h2-12,21H,13-14H2,1H3/t21-/m0/s1. The van der Waals surface area contributed by atoms with Gasteiger partial charge in [-0.15, -0.1) is 0 Å². The van der Waals surface area contributed by atoms with Gasteiger partial charge in [0.1, 0.15) is 24.2 Å². The quantitative estimate of drug-likeness (QED) is 0.467. The van der Waals surface area contributed by atoms with Crippen LogP contribution in [-0.2, 0) is 11.3 Å². The number of fused-ring (bicyclic) bond motifs is 1. The highest BCUT2D eigenvalue weighted by molar-refractivity contribution is 6.30. The molecular formula is C24H19ClN4O3. The fraction of sp³-hybridized carbons (Fsp3) is 0.167. The number of rotatable bonds is 4. The highest BCUT2D eigenvalue weighted by Crippen LogP contribution is 2.33. The SMILES string of the molecule is Cc1nc2ccccc2c(=O)n1CC(=O)N1N=C(c2ccc(Cl)cc2)C[C@H]1c1ccco1. The van der Waals surface area contributed by atoms with Crippen LogP contribution < -0.4 is 5.56 Å². The summed E-state index contributed by atoms with van der Waals surface area (Å²) in [5.41, 5.74) is 1.98. The van der Waals surface area contributed by atoms with Gasteiger partial charge in [-0.3, -0.25) is 14.2 Å². The summed E-state index contributed by atoms with van der Waals surface area (Å²) in [6, 6.07) is 17.6. The molecule has 2 aromatic carbocycles. The fourth-order valence-electron chi connectivity index (χ4n) is 3.93. The summed E-state index contributed by atoms with van der Waals surface area (Å²) in [6.45, 7) is 1.55. The van der Waals surface area contributed by atoms with E-state index >= 15 is 0 Å². The molecule has 0 aliphatic carbocycles. The Morgan fingerprint density at radius 3 is 2.66 bits per heavy atom. The topological polar surface area (TPSA) is 80.7 Å². The van der Waals surface area contributed by atoms with Gasteiger partial charge in [0.25, 0.3) is 11.5 Å². The van der Waals surface area contributed by atoms with Crippen LogP contribution in [0.4, 0.5) is 0 Å². The number of hydrogen-bond donors (Lipinski definition) is 0. The predicted molar refractivity (Wildman–Crippen MR) is 122 cm³/mol. The Hall–Kier alpha value is -3.71. The molecule has 5 rings (SSSR count). The van der Waals surface area contributed by atoms with Crippen LogP contribution in [0.3, 0.4) is 0 Å². The minimum atomic E-state index is -0.396. The summed E-state index contributed by atoms with van der Waals surface area (Å²) in [7, 11) is 0. The molecule has 0 radical (unpaired) electrons. The third-order valence-corrected chi connectivity index (χ3v) is 5.81. The minimum Gasteiger partial charge on any atom is -0.467 e. The lowest BCUT2D eigenvalue weighted by molar-refractivity contribution is -0.134. The number of aryl methyl sites for hydroxylation is 1. The molecule has 4 aromatic rings. The number of furan rings is 1. The molecule has 32 heavy (non-hydrogen) atoms. The molecule has 1 amide bonds. The van der Waals surface area contributed by atoms with Crippen molar-refractivity contribution in [3.05, 3.63) is 99.5 Å². The number of nitrogens with zero attached hydrogens (tertiary/aromatic N) is 4. The van der Waals surface area contributed by atoms with Crippen LogP contribution in [0.2, 0.25) is 5.02 Å². The molecule has 1 aliphatic rings. The first kappa shape index (κ1) is 20.2. The molecule has 1 aliphatic heterocycles. The second kappa shape index (κ2) is 8.09. The third kappa shape index (κ3) is 3.61. The third-order valence-electron chi connectivity index (χ3n) is 5.56. The van der Waals surface area contributed by atoms with Gasteiger partial charge < -0.3 is 4.42 Å². The lowest BCUT2D eigenvalue weighted by Crippen LogP contribution is -2.35. The zero-order valence-electron chi connectivity index (χ0n) is 17.2. The Kier molecular flexibility index (Phi) is 5.11. The van der Waals surface area contributed by atoms with Crippen LogP contribution >= 0.6 is 11.6 Å². The van der Waals surface area contributed by atoms with Crippen molar-refractivity contribution in [3.63, 3.8) is 0 Å². The summed E-state index contributed by atoms with van der Waals surface area (Å²) in [5, 5.41) is 7.11. The number of amides is 1. The molecule has 0 bridgehead atoms. The van der Waals surface area contributed by atoms with Gasteiger partial charge in [-0.2, -0.15) is 5.10 Å². The monoisotopic (exact) mass is 446 g/mol. The second-order valence-corrected chi connectivity index (χ2v) is 8.03. The van der Waals surface area contributed by atoms with E-state index in [-0.39, 0.29) is 18.0 Å². The van der Waals surface area contributed by atoms with Gasteiger partial charge in [0.15, 0.2) is 0 Å². The maximum Gasteiger partial charge on any atom is 0.263 e. The lowest BCUT2D eigenvalue weighted by atomic mass is 10.0. The first-order valence-electron chi connectivity index (χ1n) is 10.2. The van der Waals surface area contributed by atoms with Gasteiger partial charge in [0, 0.05) is 11.4 Å². The molecule has 0 saturated heterocycles. The molecule has 0 N–H and O–H groups in total. The van der Waals surface area contributed by atoms with Gasteiger partial charge in [0.2, 0.25) is 0 Å². The highest BCUT2D eigenvalue weighted by atomic mass is 35.5. The average molecular weight is 447 g/mol. The number of hydrogen-bond acceptors (Lipinski definition) is 5. The Morgan fingerprint density at radius 1 is 1.12 bits per heavy atom. The molecule has 8 heteroatoms. The molecule has 7 nitrogen and oxygen atoms in total. The zero-order chi connectivity index (χ0) is 22.2. The minimum absolute atomic E-state index is 0.170. The normalized spacial score (nSPS) is 15.9. The van der Waals surface area contributed by atoms with Crippen molar-refractivity contribution in [1.82, 2.24) is 14.6 Å². The number of aromatic nitrogens is 2. The van der Waals surface area contributed by atoms with Crippen LogP contribution in [0.25, 0.3) is 10.9 Å². The Labute approximate surface area is 188 Å². The molecule has 160 valence electrons. The van der Waals surface area contributed by atoms with E-state index in [1.54, 1.807) is 49.6 Å². The lowest BCUT2D eigenvalue weighted by Gasteiger charge is -2.21. The molecule has 0 unspecified atom stereocenters. The number of carbonyl (C=O) groups is 1. The van der Waals surface area contributed by atoms with Crippen LogP contribution in [0.1, 0.15) is 29.6 Å². The molecule has 0 fully saturated rings. The smallest absolute Gasteiger partial charge is 0.263 e. The number of benzene rings is 2. The molecule has 0 spiro atoms. The first-order chi connectivity index (χ1) is 15.5. The maximum atomic E-state index is 13.4. The van der Waals surface area contributed by atoms with Gasteiger partial charge in [0.05, 0.1) is 22.9 Å². The number of para-hydroxylation sites is 1. The van der Waals surface area contributed by atoms with E-state index in [2.05, 4.69) is 10.1 Å². The number of carbonyl (C=O) groups excluding carboxylic acids is 1. The molecule has 2 aromatic heterocycles. The van der Waals surface area contributed by atoms with Gasteiger partial charge in [-0.25, -0.2) is 9.99 Å². The van der Waals surface area contributed by atoms with Crippen LogP contribution in [0.15, 0.2) is 81.2 Å². The van der Waals surface area contributed by atoms with Gasteiger partial charge >= 0.3 is 0 Å². The Morgan fingerprint density at radius 2 is 1.91 bits per heavy atom. The van der Waals surface area contributed by atoms with E-state index in [1.165, 1.54) is 9.58 Å².